The maximum absolute atomic E-state index is 2.31. The van der Waals surface area contributed by atoms with Crippen molar-refractivity contribution in [3.05, 3.63) is 179 Å². The zero-order valence-corrected chi connectivity index (χ0v) is 25.0. The number of nitrogens with zero attached hydrogens (tertiary/aromatic N) is 2. The highest BCUT2D eigenvalue weighted by molar-refractivity contribution is 5.81. The molecule has 2 nitrogen and oxygen atoms in total. The first-order valence-corrected chi connectivity index (χ1v) is 14.8. The van der Waals surface area contributed by atoms with Crippen LogP contribution in [-0.2, 0) is 0 Å². The lowest BCUT2D eigenvalue weighted by molar-refractivity contribution is 1.25. The van der Waals surface area contributed by atoms with Crippen LogP contribution in [0.25, 0.3) is 12.2 Å². The molecule has 210 valence electrons. The fraction of sp³-hybridized carbons (Fsp3) is 0.0732. The van der Waals surface area contributed by atoms with E-state index in [2.05, 4.69) is 194 Å². The first kappa shape index (κ1) is 27.8. The topological polar surface area (TPSA) is 6.48 Å². The number of para-hydroxylation sites is 2. The van der Waals surface area contributed by atoms with Crippen LogP contribution in [0.4, 0.5) is 34.1 Å². The summed E-state index contributed by atoms with van der Waals surface area (Å²) >= 11 is 0. The Morgan fingerprint density at radius 2 is 0.721 bits per heavy atom. The first-order chi connectivity index (χ1) is 21.0. The zero-order valence-electron chi connectivity index (χ0n) is 25.0. The van der Waals surface area contributed by atoms with Crippen molar-refractivity contribution in [1.29, 1.82) is 0 Å². The fourth-order valence-electron chi connectivity index (χ4n) is 5.31. The number of aryl methyl sites for hydroxylation is 3. The van der Waals surface area contributed by atoms with E-state index in [0.29, 0.717) is 0 Å². The highest BCUT2D eigenvalue weighted by Gasteiger charge is 2.14. The van der Waals surface area contributed by atoms with Crippen LogP contribution in [-0.4, -0.2) is 0 Å². The standard InChI is InChI=1S/C41H36N2/c1-31-13-23-37(24-14-31)42(38-25-15-32(2)16-26-38)39-27-19-34(20-28-39)17-18-35-21-29-40(30-22-35)43(36-10-5-4-6-11-36)41-12-8-7-9-33(41)3/h4-30H,1-3H3. The van der Waals surface area contributed by atoms with E-state index in [-0.39, 0.29) is 0 Å². The average Bonchev–Trinajstić information content (AvgIpc) is 3.05. The third-order valence-corrected chi connectivity index (χ3v) is 7.73. The molecule has 0 N–H and O–H groups in total. The minimum atomic E-state index is 1.13. The Labute approximate surface area is 255 Å². The lowest BCUT2D eigenvalue weighted by atomic mass is 10.1. The van der Waals surface area contributed by atoms with Crippen LogP contribution in [0.2, 0.25) is 0 Å². The van der Waals surface area contributed by atoms with E-state index < -0.39 is 0 Å². The van der Waals surface area contributed by atoms with Gasteiger partial charge in [0, 0.05) is 34.1 Å². The summed E-state index contributed by atoms with van der Waals surface area (Å²) in [6.07, 6.45) is 4.36. The number of anilines is 6. The van der Waals surface area contributed by atoms with Crippen molar-refractivity contribution < 1.29 is 0 Å². The monoisotopic (exact) mass is 556 g/mol. The third-order valence-electron chi connectivity index (χ3n) is 7.73. The Hall–Kier alpha value is -5.34. The SMILES string of the molecule is Cc1ccc(N(c2ccc(C)cc2)c2ccc(C=Cc3ccc(N(c4ccccc4)c4ccccc4C)cc3)cc2)cc1. The molecule has 0 heterocycles. The van der Waals surface area contributed by atoms with Gasteiger partial charge in [0.15, 0.2) is 0 Å². The van der Waals surface area contributed by atoms with E-state index in [1.807, 2.05) is 0 Å². The number of benzene rings is 6. The quantitative estimate of drug-likeness (QED) is 0.172. The molecule has 2 heteroatoms. The second kappa shape index (κ2) is 12.7. The lowest BCUT2D eigenvalue weighted by Gasteiger charge is -2.27. The van der Waals surface area contributed by atoms with Gasteiger partial charge < -0.3 is 9.80 Å². The molecule has 0 aliphatic heterocycles. The van der Waals surface area contributed by atoms with Crippen LogP contribution >= 0.6 is 0 Å². The molecule has 6 aromatic carbocycles. The molecule has 0 fully saturated rings. The highest BCUT2D eigenvalue weighted by Crippen LogP contribution is 2.37. The third kappa shape index (κ3) is 6.45. The summed E-state index contributed by atoms with van der Waals surface area (Å²) in [7, 11) is 0. The second-order valence-corrected chi connectivity index (χ2v) is 11.0. The Balaban J connectivity index is 1.24. The fourth-order valence-corrected chi connectivity index (χ4v) is 5.31. The van der Waals surface area contributed by atoms with Crippen molar-refractivity contribution in [2.75, 3.05) is 9.80 Å². The van der Waals surface area contributed by atoms with Crippen LogP contribution in [0.3, 0.4) is 0 Å². The normalized spacial score (nSPS) is 11.0. The summed E-state index contributed by atoms with van der Waals surface area (Å²) in [4.78, 5) is 4.62. The van der Waals surface area contributed by atoms with Gasteiger partial charge in [-0.25, -0.2) is 0 Å². The van der Waals surface area contributed by atoms with Crippen LogP contribution in [0.15, 0.2) is 152 Å². The second-order valence-electron chi connectivity index (χ2n) is 11.0. The molecule has 0 unspecified atom stereocenters. The molecule has 0 aromatic heterocycles. The molecule has 0 bridgehead atoms. The first-order valence-electron chi connectivity index (χ1n) is 14.8. The molecule has 6 rings (SSSR count). The van der Waals surface area contributed by atoms with Crippen LogP contribution in [0.5, 0.6) is 0 Å². The van der Waals surface area contributed by atoms with E-state index in [0.717, 1.165) is 39.6 Å². The summed E-state index contributed by atoms with van der Waals surface area (Å²) < 4.78 is 0. The van der Waals surface area contributed by atoms with Gasteiger partial charge in [0.05, 0.1) is 0 Å². The molecule has 0 aliphatic carbocycles. The highest BCUT2D eigenvalue weighted by atomic mass is 15.1. The molecule has 0 saturated carbocycles. The van der Waals surface area contributed by atoms with E-state index in [1.54, 1.807) is 0 Å². The molecular formula is C41H36N2. The molecule has 6 aromatic rings. The Morgan fingerprint density at radius 3 is 1.19 bits per heavy atom. The van der Waals surface area contributed by atoms with Gasteiger partial charge >= 0.3 is 0 Å². The number of rotatable bonds is 8. The lowest BCUT2D eigenvalue weighted by Crippen LogP contribution is -2.11. The summed E-state index contributed by atoms with van der Waals surface area (Å²) in [6, 6.07) is 54.0. The van der Waals surface area contributed by atoms with Gasteiger partial charge in [-0.05, 0) is 104 Å². The van der Waals surface area contributed by atoms with Crippen molar-refractivity contribution in [2.24, 2.45) is 0 Å². The zero-order chi connectivity index (χ0) is 29.6. The van der Waals surface area contributed by atoms with Crippen molar-refractivity contribution in [3.63, 3.8) is 0 Å². The van der Waals surface area contributed by atoms with Crippen molar-refractivity contribution in [3.8, 4) is 0 Å². The Kier molecular flexibility index (Phi) is 8.19. The smallest absolute Gasteiger partial charge is 0.0490 e. The molecule has 0 radical (unpaired) electrons. The van der Waals surface area contributed by atoms with Gasteiger partial charge in [-0.1, -0.05) is 108 Å². The van der Waals surface area contributed by atoms with Gasteiger partial charge in [0.1, 0.15) is 0 Å². The average molecular weight is 557 g/mol. The van der Waals surface area contributed by atoms with Crippen molar-refractivity contribution in [2.45, 2.75) is 20.8 Å². The van der Waals surface area contributed by atoms with Crippen molar-refractivity contribution >= 4 is 46.3 Å². The predicted octanol–water partition coefficient (Wildman–Crippen LogP) is 11.7. The Bertz CT molecular complexity index is 1750. The van der Waals surface area contributed by atoms with Crippen LogP contribution < -0.4 is 9.80 Å². The summed E-state index contributed by atoms with van der Waals surface area (Å²) in [5.41, 5.74) is 12.9. The van der Waals surface area contributed by atoms with Crippen LogP contribution in [0.1, 0.15) is 27.8 Å². The molecule has 0 atom stereocenters. The molecule has 0 saturated heterocycles. The molecule has 0 aliphatic rings. The molecule has 43 heavy (non-hydrogen) atoms. The van der Waals surface area contributed by atoms with Gasteiger partial charge in [0.25, 0.3) is 0 Å². The molecule has 0 spiro atoms. The number of hydrogen-bond acceptors (Lipinski definition) is 2. The van der Waals surface area contributed by atoms with Crippen LogP contribution in [0, 0.1) is 20.8 Å². The van der Waals surface area contributed by atoms with E-state index in [4.69, 9.17) is 0 Å². The van der Waals surface area contributed by atoms with Gasteiger partial charge in [-0.2, -0.15) is 0 Å². The summed E-state index contributed by atoms with van der Waals surface area (Å²) in [6.45, 7) is 6.41. The maximum atomic E-state index is 2.31. The van der Waals surface area contributed by atoms with E-state index >= 15 is 0 Å². The van der Waals surface area contributed by atoms with E-state index in [1.165, 1.54) is 22.4 Å². The molecule has 0 amide bonds. The van der Waals surface area contributed by atoms with Gasteiger partial charge in [0.2, 0.25) is 0 Å². The minimum Gasteiger partial charge on any atom is -0.311 e. The maximum Gasteiger partial charge on any atom is 0.0490 e. The van der Waals surface area contributed by atoms with E-state index in [9.17, 15) is 0 Å². The largest absolute Gasteiger partial charge is 0.311 e. The Morgan fingerprint density at radius 1 is 0.349 bits per heavy atom. The minimum absolute atomic E-state index is 1.13. The molecular weight excluding hydrogens is 520 g/mol. The predicted molar refractivity (Wildman–Crippen MR) is 185 cm³/mol. The summed E-state index contributed by atoms with van der Waals surface area (Å²) in [5.74, 6) is 0. The van der Waals surface area contributed by atoms with Gasteiger partial charge in [-0.15, -0.1) is 0 Å². The summed E-state index contributed by atoms with van der Waals surface area (Å²) in [5, 5.41) is 0. The van der Waals surface area contributed by atoms with Crippen molar-refractivity contribution in [1.82, 2.24) is 0 Å². The van der Waals surface area contributed by atoms with Gasteiger partial charge in [-0.3, -0.25) is 0 Å². The number of hydrogen-bond donors (Lipinski definition) is 0.